The molecule has 7 heteroatoms. The summed E-state index contributed by atoms with van der Waals surface area (Å²) in [6.45, 7) is 3.48. The zero-order chi connectivity index (χ0) is 23.6. The molecule has 0 spiro atoms. The minimum absolute atomic E-state index is 0.634. The summed E-state index contributed by atoms with van der Waals surface area (Å²) in [7, 11) is 0. The van der Waals surface area contributed by atoms with E-state index in [0.29, 0.717) is 6.54 Å². The van der Waals surface area contributed by atoms with Gasteiger partial charge in [-0.2, -0.15) is 5.10 Å². The summed E-state index contributed by atoms with van der Waals surface area (Å²) in [4.78, 5) is 17.4. The van der Waals surface area contributed by atoms with E-state index in [1.54, 1.807) is 10.8 Å². The van der Waals surface area contributed by atoms with Crippen molar-refractivity contribution in [1.29, 1.82) is 0 Å². The van der Waals surface area contributed by atoms with E-state index in [2.05, 4.69) is 62.8 Å². The zero-order valence-electron chi connectivity index (χ0n) is 19.4. The smallest absolute Gasteiger partial charge is 0.155 e. The molecule has 6 rings (SSSR count). The second kappa shape index (κ2) is 9.12. The van der Waals surface area contributed by atoms with Gasteiger partial charge in [0.2, 0.25) is 0 Å². The van der Waals surface area contributed by atoms with Crippen LogP contribution in [0.25, 0.3) is 39.1 Å². The van der Waals surface area contributed by atoms with Gasteiger partial charge in [-0.05, 0) is 60.5 Å². The van der Waals surface area contributed by atoms with Gasteiger partial charge in [-0.3, -0.25) is 4.98 Å². The van der Waals surface area contributed by atoms with Gasteiger partial charge in [0.1, 0.15) is 17.8 Å². The van der Waals surface area contributed by atoms with E-state index in [-0.39, 0.29) is 0 Å². The molecule has 35 heavy (non-hydrogen) atoms. The van der Waals surface area contributed by atoms with Crippen LogP contribution >= 0.6 is 0 Å². The molecule has 0 aliphatic heterocycles. The first-order valence-corrected chi connectivity index (χ1v) is 11.7. The Morgan fingerprint density at radius 3 is 2.74 bits per heavy atom. The number of pyridine rings is 2. The molecule has 0 amide bonds. The molecule has 0 aliphatic carbocycles. The number of benzene rings is 2. The first-order chi connectivity index (χ1) is 17.2. The van der Waals surface area contributed by atoms with Crippen LogP contribution in [0.5, 0.6) is 0 Å². The minimum atomic E-state index is 0.634. The molecule has 0 unspecified atom stereocenters. The van der Waals surface area contributed by atoms with Crippen molar-refractivity contribution in [3.63, 3.8) is 0 Å². The van der Waals surface area contributed by atoms with Crippen LogP contribution in [0.4, 0.5) is 0 Å². The molecule has 4 heterocycles. The van der Waals surface area contributed by atoms with Gasteiger partial charge in [0.05, 0.1) is 17.9 Å². The van der Waals surface area contributed by atoms with Crippen LogP contribution in [0.3, 0.4) is 0 Å². The summed E-state index contributed by atoms with van der Waals surface area (Å²) < 4.78 is 1.77. The highest BCUT2D eigenvalue weighted by molar-refractivity contribution is 5.85. The number of fused-ring (bicyclic) bond motifs is 2. The van der Waals surface area contributed by atoms with Crippen molar-refractivity contribution in [3.8, 4) is 22.6 Å². The molecule has 2 N–H and O–H groups in total. The van der Waals surface area contributed by atoms with Crippen molar-refractivity contribution >= 4 is 16.4 Å². The standard InChI is InChI=1S/C28H25N7/c1-19-6-4-11-24(32-19)28-27(22-12-13-26-30-18-31-35(26)17-22)33-25(34-28)16-29-15-14-21-9-5-8-20-7-2-3-10-23(20)21/h2-13,17-18,29H,14-16H2,1H3,(H,33,34). The number of aryl methyl sites for hydroxylation is 1. The quantitative estimate of drug-likeness (QED) is 0.329. The SMILES string of the molecule is Cc1cccc(-c2nc(CNCCc3cccc4ccccc34)[nH]c2-c2ccc3ncnn3c2)n1. The van der Waals surface area contributed by atoms with Gasteiger partial charge in [-0.1, -0.05) is 48.5 Å². The maximum atomic E-state index is 4.93. The summed E-state index contributed by atoms with van der Waals surface area (Å²) in [5.74, 6) is 0.870. The number of hydrogen-bond acceptors (Lipinski definition) is 5. The van der Waals surface area contributed by atoms with Gasteiger partial charge < -0.3 is 10.3 Å². The molecule has 172 valence electrons. The number of nitrogens with one attached hydrogen (secondary N) is 2. The van der Waals surface area contributed by atoms with Gasteiger partial charge in [0.25, 0.3) is 0 Å². The van der Waals surface area contributed by atoms with Crippen LogP contribution in [-0.4, -0.2) is 36.1 Å². The predicted molar refractivity (Wildman–Crippen MR) is 138 cm³/mol. The molecule has 0 aliphatic rings. The number of rotatable bonds is 7. The summed E-state index contributed by atoms with van der Waals surface area (Å²) in [5, 5.41) is 10.4. The van der Waals surface area contributed by atoms with Gasteiger partial charge in [-0.25, -0.2) is 14.5 Å². The first-order valence-electron chi connectivity index (χ1n) is 11.7. The Hall–Kier alpha value is -4.36. The number of H-pyrrole nitrogens is 1. The molecule has 0 fully saturated rings. The zero-order valence-corrected chi connectivity index (χ0v) is 19.4. The Labute approximate surface area is 202 Å². The minimum Gasteiger partial charge on any atom is -0.340 e. The van der Waals surface area contributed by atoms with Gasteiger partial charge in [0.15, 0.2) is 5.65 Å². The summed E-state index contributed by atoms with van der Waals surface area (Å²) in [6.07, 6.45) is 4.47. The second-order valence-electron chi connectivity index (χ2n) is 8.62. The fourth-order valence-electron chi connectivity index (χ4n) is 4.48. The van der Waals surface area contributed by atoms with Crippen molar-refractivity contribution in [2.24, 2.45) is 0 Å². The van der Waals surface area contributed by atoms with E-state index in [1.807, 2.05) is 43.5 Å². The molecule has 7 nitrogen and oxygen atoms in total. The Morgan fingerprint density at radius 2 is 1.80 bits per heavy atom. The van der Waals surface area contributed by atoms with Crippen LogP contribution in [0.1, 0.15) is 17.1 Å². The highest BCUT2D eigenvalue weighted by atomic mass is 15.3. The molecule has 0 saturated heterocycles. The van der Waals surface area contributed by atoms with Crippen LogP contribution in [0.15, 0.2) is 85.3 Å². The molecule has 2 aromatic carbocycles. The van der Waals surface area contributed by atoms with Crippen molar-refractivity contribution in [2.45, 2.75) is 19.9 Å². The fourth-order valence-corrected chi connectivity index (χ4v) is 4.48. The third kappa shape index (κ3) is 4.29. The Kier molecular flexibility index (Phi) is 5.52. The molecule has 0 radical (unpaired) electrons. The molecular formula is C28H25N7. The van der Waals surface area contributed by atoms with E-state index < -0.39 is 0 Å². The molecule has 0 bridgehead atoms. The lowest BCUT2D eigenvalue weighted by atomic mass is 10.0. The molecule has 0 saturated carbocycles. The highest BCUT2D eigenvalue weighted by Gasteiger charge is 2.16. The molecular weight excluding hydrogens is 434 g/mol. The van der Waals surface area contributed by atoms with E-state index in [0.717, 1.165) is 52.8 Å². The number of imidazole rings is 1. The Morgan fingerprint density at radius 1 is 0.914 bits per heavy atom. The third-order valence-electron chi connectivity index (χ3n) is 6.19. The predicted octanol–water partition coefficient (Wildman–Crippen LogP) is 4.98. The van der Waals surface area contributed by atoms with E-state index in [4.69, 9.17) is 9.97 Å². The average molecular weight is 460 g/mol. The van der Waals surface area contributed by atoms with Crippen LogP contribution in [0.2, 0.25) is 0 Å². The van der Waals surface area contributed by atoms with E-state index >= 15 is 0 Å². The van der Waals surface area contributed by atoms with Crippen LogP contribution in [0, 0.1) is 6.92 Å². The lowest BCUT2D eigenvalue weighted by Crippen LogP contribution is -2.17. The normalized spacial score (nSPS) is 11.5. The maximum Gasteiger partial charge on any atom is 0.155 e. The summed E-state index contributed by atoms with van der Waals surface area (Å²) in [6, 6.07) is 25.0. The number of nitrogens with zero attached hydrogens (tertiary/aromatic N) is 5. The Bertz CT molecular complexity index is 1620. The third-order valence-corrected chi connectivity index (χ3v) is 6.19. The topological polar surface area (TPSA) is 83.8 Å². The number of aromatic nitrogens is 6. The lowest BCUT2D eigenvalue weighted by molar-refractivity contribution is 0.666. The summed E-state index contributed by atoms with van der Waals surface area (Å²) in [5.41, 5.74) is 6.69. The fraction of sp³-hybridized carbons (Fsp3) is 0.143. The largest absolute Gasteiger partial charge is 0.340 e. The van der Waals surface area contributed by atoms with Crippen molar-refractivity contribution in [1.82, 2.24) is 34.9 Å². The number of hydrogen-bond donors (Lipinski definition) is 2. The monoisotopic (exact) mass is 459 g/mol. The van der Waals surface area contributed by atoms with E-state index in [1.165, 1.54) is 16.3 Å². The maximum absolute atomic E-state index is 4.93. The molecule has 0 atom stereocenters. The first kappa shape index (κ1) is 21.2. The van der Waals surface area contributed by atoms with Gasteiger partial charge in [0, 0.05) is 17.5 Å². The van der Waals surface area contributed by atoms with Crippen LogP contribution in [-0.2, 0) is 13.0 Å². The molecule has 6 aromatic rings. The van der Waals surface area contributed by atoms with Crippen molar-refractivity contribution in [3.05, 3.63) is 102 Å². The second-order valence-corrected chi connectivity index (χ2v) is 8.62. The van der Waals surface area contributed by atoms with Crippen molar-refractivity contribution in [2.75, 3.05) is 6.54 Å². The highest BCUT2D eigenvalue weighted by Crippen LogP contribution is 2.29. The lowest BCUT2D eigenvalue weighted by Gasteiger charge is -2.07. The van der Waals surface area contributed by atoms with E-state index in [9.17, 15) is 0 Å². The Balaban J connectivity index is 1.25. The van der Waals surface area contributed by atoms with Crippen LogP contribution < -0.4 is 5.32 Å². The van der Waals surface area contributed by atoms with Crippen molar-refractivity contribution < 1.29 is 0 Å². The average Bonchev–Trinajstić information content (AvgIpc) is 3.53. The molecule has 4 aromatic heterocycles. The number of aromatic amines is 1. The summed E-state index contributed by atoms with van der Waals surface area (Å²) >= 11 is 0. The van der Waals surface area contributed by atoms with Gasteiger partial charge >= 0.3 is 0 Å². The van der Waals surface area contributed by atoms with Gasteiger partial charge in [-0.15, -0.1) is 0 Å².